The molecule has 134 valence electrons. The van der Waals surface area contributed by atoms with E-state index in [9.17, 15) is 4.79 Å². The average Bonchev–Trinajstić information content (AvgIpc) is 2.41. The van der Waals surface area contributed by atoms with E-state index < -0.39 is 0 Å². The van der Waals surface area contributed by atoms with Crippen LogP contribution in [0, 0.1) is 0 Å². The zero-order chi connectivity index (χ0) is 16.0. The molecule has 0 aromatic carbocycles. The standard InChI is InChI=1S/C18H38NO2.BrH/c1-5-6-7-8-9-10-11-12-13-15-18(20)21-17-14-16-19(2,3)4;/h5-17H2,1-4H3;1H/q+1;/p-1. The molecule has 22 heavy (non-hydrogen) atoms. The Morgan fingerprint density at radius 2 is 1.32 bits per heavy atom. The van der Waals surface area contributed by atoms with Crippen molar-refractivity contribution in [3.8, 4) is 0 Å². The molecule has 4 heteroatoms. The van der Waals surface area contributed by atoms with Gasteiger partial charge in [0.2, 0.25) is 0 Å². The van der Waals surface area contributed by atoms with Crippen LogP contribution in [0.1, 0.15) is 77.6 Å². The van der Waals surface area contributed by atoms with Crippen molar-refractivity contribution < 1.29 is 31.0 Å². The first-order valence-electron chi connectivity index (χ1n) is 8.92. The number of nitrogens with zero attached hydrogens (tertiary/aromatic N) is 1. The highest BCUT2D eigenvalue weighted by Crippen LogP contribution is 2.10. The second-order valence-electron chi connectivity index (χ2n) is 7.17. The van der Waals surface area contributed by atoms with E-state index >= 15 is 0 Å². The van der Waals surface area contributed by atoms with Crippen molar-refractivity contribution in [2.24, 2.45) is 0 Å². The summed E-state index contributed by atoms with van der Waals surface area (Å²) in [4.78, 5) is 11.5. The summed E-state index contributed by atoms with van der Waals surface area (Å²) >= 11 is 0. The molecule has 0 unspecified atom stereocenters. The lowest BCUT2D eigenvalue weighted by Crippen LogP contribution is -3.00. The molecule has 0 fully saturated rings. The van der Waals surface area contributed by atoms with Gasteiger partial charge in [0.05, 0.1) is 34.3 Å². The Morgan fingerprint density at radius 3 is 1.82 bits per heavy atom. The summed E-state index contributed by atoms with van der Waals surface area (Å²) in [5, 5.41) is 0. The smallest absolute Gasteiger partial charge is 0.305 e. The third-order valence-electron chi connectivity index (χ3n) is 3.72. The van der Waals surface area contributed by atoms with Gasteiger partial charge in [0.1, 0.15) is 0 Å². The second kappa shape index (κ2) is 15.8. The Bertz CT molecular complexity index is 252. The fourth-order valence-corrected chi connectivity index (χ4v) is 2.38. The van der Waals surface area contributed by atoms with Gasteiger partial charge in [0, 0.05) is 12.8 Å². The number of halogens is 1. The molecule has 0 aromatic heterocycles. The van der Waals surface area contributed by atoms with Crippen molar-refractivity contribution in [3.05, 3.63) is 0 Å². The summed E-state index contributed by atoms with van der Waals surface area (Å²) in [5.74, 6) is -0.0145. The van der Waals surface area contributed by atoms with Gasteiger partial charge in [-0.1, -0.05) is 58.3 Å². The zero-order valence-electron chi connectivity index (χ0n) is 15.3. The molecule has 0 spiro atoms. The summed E-state index contributed by atoms with van der Waals surface area (Å²) in [6.45, 7) is 3.87. The first-order valence-corrected chi connectivity index (χ1v) is 8.92. The molecule has 0 aliphatic heterocycles. The van der Waals surface area contributed by atoms with Gasteiger partial charge in [-0.2, -0.15) is 0 Å². The largest absolute Gasteiger partial charge is 1.00 e. The summed E-state index contributed by atoms with van der Waals surface area (Å²) in [6.07, 6.45) is 13.1. The summed E-state index contributed by atoms with van der Waals surface area (Å²) in [6, 6.07) is 0. The van der Waals surface area contributed by atoms with E-state index in [0.717, 1.165) is 23.9 Å². The van der Waals surface area contributed by atoms with Gasteiger partial charge in [-0.15, -0.1) is 0 Å². The minimum absolute atomic E-state index is 0. The number of hydrogen-bond donors (Lipinski definition) is 0. The van der Waals surface area contributed by atoms with Crippen molar-refractivity contribution in [2.45, 2.75) is 77.6 Å². The van der Waals surface area contributed by atoms with Crippen molar-refractivity contribution in [1.29, 1.82) is 0 Å². The molecule has 0 saturated heterocycles. The molecule has 0 bridgehead atoms. The van der Waals surface area contributed by atoms with Gasteiger partial charge in [0.15, 0.2) is 0 Å². The van der Waals surface area contributed by atoms with Crippen LogP contribution in [0.5, 0.6) is 0 Å². The highest BCUT2D eigenvalue weighted by atomic mass is 79.9. The number of rotatable bonds is 14. The number of esters is 1. The average molecular weight is 380 g/mol. The molecule has 0 aliphatic rings. The monoisotopic (exact) mass is 379 g/mol. The molecule has 0 aliphatic carbocycles. The van der Waals surface area contributed by atoms with Gasteiger partial charge in [-0.05, 0) is 6.42 Å². The van der Waals surface area contributed by atoms with E-state index in [1.807, 2.05) is 0 Å². The third kappa shape index (κ3) is 19.9. The SMILES string of the molecule is CCCCCCCCCCCC(=O)OCCC[N+](C)(C)C.[Br-]. The molecular formula is C18H38BrNO2. The van der Waals surface area contributed by atoms with Crippen LogP contribution in [0.3, 0.4) is 0 Å². The van der Waals surface area contributed by atoms with Crippen LogP contribution in [0.25, 0.3) is 0 Å². The first-order chi connectivity index (χ1) is 9.95. The van der Waals surface area contributed by atoms with Gasteiger partial charge in [-0.25, -0.2) is 0 Å². The Hall–Kier alpha value is -0.0900. The molecule has 3 nitrogen and oxygen atoms in total. The van der Waals surface area contributed by atoms with E-state index in [1.54, 1.807) is 0 Å². The summed E-state index contributed by atoms with van der Waals surface area (Å²) in [5.41, 5.74) is 0. The Morgan fingerprint density at radius 1 is 0.818 bits per heavy atom. The maximum atomic E-state index is 11.5. The predicted octanol–water partition coefficient (Wildman–Crippen LogP) is 1.55. The Labute approximate surface area is 149 Å². The quantitative estimate of drug-likeness (QED) is 0.260. The molecule has 0 atom stereocenters. The molecule has 0 amide bonds. The van der Waals surface area contributed by atoms with Crippen LogP contribution in [-0.2, 0) is 9.53 Å². The Balaban J connectivity index is 0. The molecular weight excluding hydrogens is 342 g/mol. The zero-order valence-corrected chi connectivity index (χ0v) is 16.9. The van der Waals surface area contributed by atoms with Gasteiger partial charge in [-0.3, -0.25) is 4.79 Å². The molecule has 0 radical (unpaired) electrons. The number of carbonyl (C=O) groups is 1. The van der Waals surface area contributed by atoms with Crippen molar-refractivity contribution in [3.63, 3.8) is 0 Å². The van der Waals surface area contributed by atoms with Crippen LogP contribution in [0.15, 0.2) is 0 Å². The van der Waals surface area contributed by atoms with Crippen LogP contribution in [-0.4, -0.2) is 44.7 Å². The molecule has 0 aromatic rings. The van der Waals surface area contributed by atoms with Crippen LogP contribution < -0.4 is 17.0 Å². The van der Waals surface area contributed by atoms with Gasteiger partial charge >= 0.3 is 5.97 Å². The number of ether oxygens (including phenoxy) is 1. The highest BCUT2D eigenvalue weighted by molar-refractivity contribution is 5.69. The van der Waals surface area contributed by atoms with Crippen LogP contribution in [0.4, 0.5) is 0 Å². The van der Waals surface area contributed by atoms with Crippen molar-refractivity contribution >= 4 is 5.97 Å². The van der Waals surface area contributed by atoms with Crippen molar-refractivity contribution in [2.75, 3.05) is 34.3 Å². The van der Waals surface area contributed by atoms with E-state index in [-0.39, 0.29) is 23.0 Å². The van der Waals surface area contributed by atoms with Crippen LogP contribution >= 0.6 is 0 Å². The van der Waals surface area contributed by atoms with Gasteiger partial charge < -0.3 is 26.2 Å². The summed E-state index contributed by atoms with van der Waals surface area (Å²) in [7, 11) is 6.47. The number of carbonyl (C=O) groups excluding carboxylic acids is 1. The molecule has 0 rings (SSSR count). The lowest BCUT2D eigenvalue weighted by Gasteiger charge is -2.23. The fraction of sp³-hybridized carbons (Fsp3) is 0.944. The topological polar surface area (TPSA) is 26.3 Å². The first kappa shape index (κ1) is 24.2. The third-order valence-corrected chi connectivity index (χ3v) is 3.72. The van der Waals surface area contributed by atoms with E-state index in [0.29, 0.717) is 13.0 Å². The van der Waals surface area contributed by atoms with E-state index in [2.05, 4.69) is 28.1 Å². The predicted molar refractivity (Wildman–Crippen MR) is 90.3 cm³/mol. The minimum Gasteiger partial charge on any atom is -1.00 e. The number of unbranched alkanes of at least 4 members (excludes halogenated alkanes) is 8. The molecule has 0 heterocycles. The maximum absolute atomic E-state index is 11.5. The Kier molecular flexibility index (Phi) is 17.3. The van der Waals surface area contributed by atoms with Gasteiger partial charge in [0.25, 0.3) is 0 Å². The lowest BCUT2D eigenvalue weighted by atomic mass is 10.1. The molecule has 0 N–H and O–H groups in total. The number of quaternary nitrogens is 1. The van der Waals surface area contributed by atoms with Crippen LogP contribution in [0.2, 0.25) is 0 Å². The normalized spacial score (nSPS) is 11.1. The minimum atomic E-state index is -0.0145. The van der Waals surface area contributed by atoms with Crippen molar-refractivity contribution in [1.82, 2.24) is 0 Å². The maximum Gasteiger partial charge on any atom is 0.305 e. The number of hydrogen-bond acceptors (Lipinski definition) is 2. The van der Waals surface area contributed by atoms with E-state index in [4.69, 9.17) is 4.74 Å². The lowest BCUT2D eigenvalue weighted by molar-refractivity contribution is -0.870. The second-order valence-corrected chi connectivity index (χ2v) is 7.17. The fourth-order valence-electron chi connectivity index (χ4n) is 2.38. The molecule has 0 saturated carbocycles. The highest BCUT2D eigenvalue weighted by Gasteiger charge is 2.07. The summed E-state index contributed by atoms with van der Waals surface area (Å²) < 4.78 is 6.19. The van der Waals surface area contributed by atoms with E-state index in [1.165, 1.54) is 51.4 Å².